The van der Waals surface area contributed by atoms with Crippen LogP contribution in [0.3, 0.4) is 0 Å². The largest absolute Gasteiger partial charge is 0.496 e. The van der Waals surface area contributed by atoms with Crippen molar-refractivity contribution in [2.45, 2.75) is 0 Å². The summed E-state index contributed by atoms with van der Waals surface area (Å²) in [7, 11) is 5.84. The van der Waals surface area contributed by atoms with Crippen LogP contribution in [0.25, 0.3) is 10.8 Å². The molecule has 0 amide bonds. The van der Waals surface area contributed by atoms with E-state index in [2.05, 4.69) is 0 Å². The first-order valence-electron chi connectivity index (χ1n) is 6.41. The van der Waals surface area contributed by atoms with Crippen LogP contribution in [0, 0.1) is 0 Å². The van der Waals surface area contributed by atoms with Gasteiger partial charge >= 0.3 is 0 Å². The number of aldehydes is 2. The number of hydrogen-bond acceptors (Lipinski definition) is 6. The van der Waals surface area contributed by atoms with E-state index in [1.165, 1.54) is 28.4 Å². The molecule has 0 atom stereocenters. The van der Waals surface area contributed by atoms with Crippen LogP contribution in [0.1, 0.15) is 20.7 Å². The predicted octanol–water partition coefficient (Wildman–Crippen LogP) is 2.50. The second-order valence-electron chi connectivity index (χ2n) is 4.35. The molecule has 2 aromatic rings. The Labute approximate surface area is 127 Å². The van der Waals surface area contributed by atoms with Crippen LogP contribution in [0.4, 0.5) is 0 Å². The minimum atomic E-state index is 0.105. The molecule has 0 N–H and O–H groups in total. The standard InChI is InChI=1S/C16H16O6/c1-19-11-5-6-12(20-2)14-13(11)15(21-3)9(7-17)10(8-18)16(14)22-4/h5-8H,1-4H3. The van der Waals surface area contributed by atoms with Crippen molar-refractivity contribution in [3.05, 3.63) is 23.3 Å². The Balaban J connectivity index is 3.18. The minimum Gasteiger partial charge on any atom is -0.496 e. The van der Waals surface area contributed by atoms with Crippen molar-refractivity contribution in [1.29, 1.82) is 0 Å². The molecule has 2 rings (SSSR count). The van der Waals surface area contributed by atoms with Crippen LogP contribution in [0.15, 0.2) is 12.1 Å². The normalized spacial score (nSPS) is 10.2. The highest BCUT2D eigenvalue weighted by atomic mass is 16.5. The van der Waals surface area contributed by atoms with E-state index in [1.54, 1.807) is 12.1 Å². The van der Waals surface area contributed by atoms with E-state index in [4.69, 9.17) is 18.9 Å². The van der Waals surface area contributed by atoms with Gasteiger partial charge in [0.25, 0.3) is 0 Å². The van der Waals surface area contributed by atoms with Crippen LogP contribution in [-0.2, 0) is 0 Å². The number of rotatable bonds is 6. The molecule has 0 bridgehead atoms. The minimum absolute atomic E-state index is 0.105. The van der Waals surface area contributed by atoms with Crippen molar-refractivity contribution >= 4 is 23.3 Å². The van der Waals surface area contributed by atoms with Gasteiger partial charge in [-0.3, -0.25) is 9.59 Å². The van der Waals surface area contributed by atoms with Crippen molar-refractivity contribution in [2.24, 2.45) is 0 Å². The monoisotopic (exact) mass is 304 g/mol. The molecular weight excluding hydrogens is 288 g/mol. The highest BCUT2D eigenvalue weighted by Crippen LogP contribution is 2.47. The van der Waals surface area contributed by atoms with Gasteiger partial charge in [0.1, 0.15) is 23.0 Å². The summed E-state index contributed by atoms with van der Waals surface area (Å²) in [5, 5.41) is 1.02. The maximum Gasteiger partial charge on any atom is 0.154 e. The molecule has 0 radical (unpaired) electrons. The van der Waals surface area contributed by atoms with Crippen LogP contribution in [-0.4, -0.2) is 41.0 Å². The number of carbonyl (C=O) groups is 2. The first kappa shape index (κ1) is 15.6. The van der Waals surface area contributed by atoms with Gasteiger partial charge in [0.15, 0.2) is 12.6 Å². The SMILES string of the molecule is COc1ccc(OC)c2c(OC)c(C=O)c(C=O)c(OC)c12. The Morgan fingerprint density at radius 2 is 1.05 bits per heavy atom. The lowest BCUT2D eigenvalue weighted by Gasteiger charge is -2.19. The Morgan fingerprint density at radius 1 is 0.682 bits per heavy atom. The molecule has 116 valence electrons. The van der Waals surface area contributed by atoms with Crippen molar-refractivity contribution < 1.29 is 28.5 Å². The summed E-state index contributed by atoms with van der Waals surface area (Å²) >= 11 is 0. The van der Waals surface area contributed by atoms with E-state index in [9.17, 15) is 9.59 Å². The fraction of sp³-hybridized carbons (Fsp3) is 0.250. The third-order valence-corrected chi connectivity index (χ3v) is 3.45. The molecule has 6 nitrogen and oxygen atoms in total. The zero-order valence-electron chi connectivity index (χ0n) is 12.8. The molecule has 0 aliphatic carbocycles. The topological polar surface area (TPSA) is 71.1 Å². The fourth-order valence-corrected chi connectivity index (χ4v) is 2.53. The molecule has 0 unspecified atom stereocenters. The maximum atomic E-state index is 11.5. The fourth-order valence-electron chi connectivity index (χ4n) is 2.53. The number of hydrogen-bond donors (Lipinski definition) is 0. The molecule has 0 fully saturated rings. The molecule has 0 spiro atoms. The number of methoxy groups -OCH3 is 4. The van der Waals surface area contributed by atoms with E-state index in [0.717, 1.165) is 0 Å². The van der Waals surface area contributed by atoms with E-state index >= 15 is 0 Å². The highest BCUT2D eigenvalue weighted by Gasteiger charge is 2.25. The van der Waals surface area contributed by atoms with E-state index in [-0.39, 0.29) is 22.6 Å². The lowest BCUT2D eigenvalue weighted by atomic mass is 9.97. The number of fused-ring (bicyclic) bond motifs is 1. The van der Waals surface area contributed by atoms with Gasteiger partial charge in [-0.25, -0.2) is 0 Å². The molecule has 6 heteroatoms. The summed E-state index contributed by atoms with van der Waals surface area (Å²) in [5.74, 6) is 1.44. The third kappa shape index (κ3) is 2.13. The molecule has 2 aromatic carbocycles. The average Bonchev–Trinajstić information content (AvgIpc) is 2.57. The van der Waals surface area contributed by atoms with Gasteiger partial charge in [0, 0.05) is 0 Å². The van der Waals surface area contributed by atoms with Gasteiger partial charge in [-0.1, -0.05) is 0 Å². The lowest BCUT2D eigenvalue weighted by molar-refractivity contribution is 0.109. The van der Waals surface area contributed by atoms with Gasteiger partial charge in [-0.15, -0.1) is 0 Å². The molecule has 0 saturated carbocycles. The summed E-state index contributed by atoms with van der Waals surface area (Å²) in [6.07, 6.45) is 1.12. The van der Waals surface area contributed by atoms with Crippen LogP contribution in [0.2, 0.25) is 0 Å². The zero-order valence-corrected chi connectivity index (χ0v) is 12.8. The van der Waals surface area contributed by atoms with Gasteiger partial charge in [0.05, 0.1) is 50.3 Å². The second kappa shape index (κ2) is 6.34. The van der Waals surface area contributed by atoms with Crippen molar-refractivity contribution in [3.8, 4) is 23.0 Å². The van der Waals surface area contributed by atoms with Crippen molar-refractivity contribution in [3.63, 3.8) is 0 Å². The molecular formula is C16H16O6. The highest BCUT2D eigenvalue weighted by molar-refractivity contribution is 6.12. The Hall–Kier alpha value is -2.76. The summed E-state index contributed by atoms with van der Waals surface area (Å²) in [5.41, 5.74) is 0.210. The molecule has 0 saturated heterocycles. The first-order valence-corrected chi connectivity index (χ1v) is 6.41. The first-order chi connectivity index (χ1) is 10.7. The smallest absolute Gasteiger partial charge is 0.154 e. The van der Waals surface area contributed by atoms with Crippen LogP contribution in [0.5, 0.6) is 23.0 Å². The van der Waals surface area contributed by atoms with Crippen LogP contribution < -0.4 is 18.9 Å². The second-order valence-corrected chi connectivity index (χ2v) is 4.35. The zero-order chi connectivity index (χ0) is 16.3. The van der Waals surface area contributed by atoms with Gasteiger partial charge in [-0.2, -0.15) is 0 Å². The molecule has 0 aliphatic heterocycles. The van der Waals surface area contributed by atoms with Crippen molar-refractivity contribution in [2.75, 3.05) is 28.4 Å². The molecule has 22 heavy (non-hydrogen) atoms. The number of carbonyl (C=O) groups excluding carboxylic acids is 2. The van der Waals surface area contributed by atoms with E-state index in [1.807, 2.05) is 0 Å². The maximum absolute atomic E-state index is 11.5. The summed E-state index contributed by atoms with van der Waals surface area (Å²) in [6, 6.07) is 3.39. The number of benzene rings is 2. The molecule has 0 heterocycles. The summed E-state index contributed by atoms with van der Waals surface area (Å²) in [4.78, 5) is 22.9. The average molecular weight is 304 g/mol. The van der Waals surface area contributed by atoms with Crippen molar-refractivity contribution in [1.82, 2.24) is 0 Å². The van der Waals surface area contributed by atoms with Gasteiger partial charge < -0.3 is 18.9 Å². The lowest BCUT2D eigenvalue weighted by Crippen LogP contribution is -2.04. The quantitative estimate of drug-likeness (QED) is 0.764. The van der Waals surface area contributed by atoms with E-state index < -0.39 is 0 Å². The summed E-state index contributed by atoms with van der Waals surface area (Å²) < 4.78 is 21.4. The Bertz CT molecular complexity index is 673. The summed E-state index contributed by atoms with van der Waals surface area (Å²) in [6.45, 7) is 0. The Morgan fingerprint density at radius 3 is 1.27 bits per heavy atom. The van der Waals surface area contributed by atoms with Gasteiger partial charge in [-0.05, 0) is 12.1 Å². The molecule has 0 aliphatic rings. The number of ether oxygens (including phenoxy) is 4. The van der Waals surface area contributed by atoms with Gasteiger partial charge in [0.2, 0.25) is 0 Å². The van der Waals surface area contributed by atoms with Crippen LogP contribution >= 0.6 is 0 Å². The third-order valence-electron chi connectivity index (χ3n) is 3.45. The Kier molecular flexibility index (Phi) is 4.50. The van der Waals surface area contributed by atoms with E-state index in [0.29, 0.717) is 34.8 Å². The molecule has 0 aromatic heterocycles. The predicted molar refractivity (Wildman–Crippen MR) is 80.9 cm³/mol.